The Morgan fingerprint density at radius 2 is 1.66 bits per heavy atom. The maximum absolute atomic E-state index is 13.3. The van der Waals surface area contributed by atoms with E-state index in [0.29, 0.717) is 10.7 Å². The van der Waals surface area contributed by atoms with Gasteiger partial charge in [-0.05, 0) is 55.0 Å². The van der Waals surface area contributed by atoms with E-state index in [1.165, 1.54) is 31.2 Å². The number of para-hydroxylation sites is 2. The molecule has 32 heavy (non-hydrogen) atoms. The van der Waals surface area contributed by atoms with Gasteiger partial charge in [0.05, 0.1) is 26.9 Å². The van der Waals surface area contributed by atoms with Crippen LogP contribution in [0.25, 0.3) is 0 Å². The predicted octanol–water partition coefficient (Wildman–Crippen LogP) is 4.38. The number of hydrogen-bond donors (Lipinski definition) is 2. The van der Waals surface area contributed by atoms with Crippen molar-refractivity contribution in [2.24, 2.45) is 0 Å². The molecule has 0 saturated heterocycles. The molecule has 166 valence electrons. The van der Waals surface area contributed by atoms with Crippen molar-refractivity contribution < 1.29 is 27.1 Å². The van der Waals surface area contributed by atoms with E-state index in [2.05, 4.69) is 10.0 Å². The molecule has 0 fully saturated rings. The topological polar surface area (TPSA) is 102 Å². The fourth-order valence-corrected chi connectivity index (χ4v) is 4.31. The van der Waals surface area contributed by atoms with E-state index in [0.717, 1.165) is 18.2 Å². The number of carbonyl (C=O) groups is 2. The number of nitrogens with one attached hydrogen (secondary N) is 2. The van der Waals surface area contributed by atoms with Crippen LogP contribution < -0.4 is 10.0 Å². The molecule has 3 aromatic rings. The van der Waals surface area contributed by atoms with Crippen LogP contribution in [0.5, 0.6) is 0 Å². The number of aryl methyl sites for hydroxylation is 1. The SMILES string of the molecule is Cc1cc(F)ccc1S(=O)(=O)Nc1ccccc1C(=O)OCC(=O)Nc1ccccc1Cl. The van der Waals surface area contributed by atoms with Crippen LogP contribution in [0.15, 0.2) is 71.6 Å². The zero-order valence-corrected chi connectivity index (χ0v) is 18.3. The smallest absolute Gasteiger partial charge is 0.340 e. The second kappa shape index (κ2) is 9.80. The Bertz CT molecular complexity index is 1280. The summed E-state index contributed by atoms with van der Waals surface area (Å²) in [6.45, 7) is 0.845. The maximum atomic E-state index is 13.3. The van der Waals surface area contributed by atoms with Crippen LogP contribution >= 0.6 is 11.6 Å². The van der Waals surface area contributed by atoms with Crippen molar-refractivity contribution in [3.8, 4) is 0 Å². The lowest BCUT2D eigenvalue weighted by molar-refractivity contribution is -0.119. The zero-order chi connectivity index (χ0) is 23.3. The van der Waals surface area contributed by atoms with E-state index in [-0.39, 0.29) is 21.7 Å². The largest absolute Gasteiger partial charge is 0.452 e. The monoisotopic (exact) mass is 476 g/mol. The maximum Gasteiger partial charge on any atom is 0.340 e. The highest BCUT2D eigenvalue weighted by Gasteiger charge is 2.21. The van der Waals surface area contributed by atoms with Crippen molar-refractivity contribution in [3.05, 3.63) is 88.7 Å². The minimum absolute atomic E-state index is 0.0484. The van der Waals surface area contributed by atoms with Crippen molar-refractivity contribution >= 4 is 44.9 Å². The number of halogens is 2. The van der Waals surface area contributed by atoms with E-state index in [1.807, 2.05) is 0 Å². The normalized spacial score (nSPS) is 11.0. The molecule has 0 aromatic heterocycles. The molecule has 2 N–H and O–H groups in total. The molecule has 1 amide bonds. The molecular formula is C22H18ClFN2O5S. The van der Waals surface area contributed by atoms with Gasteiger partial charge >= 0.3 is 5.97 Å². The Morgan fingerprint density at radius 3 is 2.34 bits per heavy atom. The first kappa shape index (κ1) is 23.2. The molecule has 3 rings (SSSR count). The van der Waals surface area contributed by atoms with Crippen LogP contribution in [0.1, 0.15) is 15.9 Å². The van der Waals surface area contributed by atoms with Gasteiger partial charge in [-0.15, -0.1) is 0 Å². The van der Waals surface area contributed by atoms with E-state index < -0.39 is 34.3 Å². The molecule has 0 saturated carbocycles. The summed E-state index contributed by atoms with van der Waals surface area (Å²) in [4.78, 5) is 24.4. The highest BCUT2D eigenvalue weighted by atomic mass is 35.5. The van der Waals surface area contributed by atoms with Crippen molar-refractivity contribution in [1.82, 2.24) is 0 Å². The molecule has 0 spiro atoms. The Labute approximate surface area is 189 Å². The van der Waals surface area contributed by atoms with Crippen LogP contribution in [0, 0.1) is 12.7 Å². The third-order valence-electron chi connectivity index (χ3n) is 4.30. The van der Waals surface area contributed by atoms with Crippen molar-refractivity contribution in [2.45, 2.75) is 11.8 Å². The molecule has 0 radical (unpaired) electrons. The van der Waals surface area contributed by atoms with Crippen molar-refractivity contribution in [3.63, 3.8) is 0 Å². The number of hydrogen-bond acceptors (Lipinski definition) is 5. The third-order valence-corrected chi connectivity index (χ3v) is 6.16. The van der Waals surface area contributed by atoms with Crippen LogP contribution in [-0.4, -0.2) is 26.9 Å². The summed E-state index contributed by atoms with van der Waals surface area (Å²) in [5, 5.41) is 2.83. The van der Waals surface area contributed by atoms with Gasteiger partial charge in [0, 0.05) is 0 Å². The molecule has 7 nitrogen and oxygen atoms in total. The average Bonchev–Trinajstić information content (AvgIpc) is 2.73. The zero-order valence-electron chi connectivity index (χ0n) is 16.8. The minimum Gasteiger partial charge on any atom is -0.452 e. The second-order valence-corrected chi connectivity index (χ2v) is 8.72. The Balaban J connectivity index is 1.72. The van der Waals surface area contributed by atoms with Gasteiger partial charge in [-0.25, -0.2) is 17.6 Å². The standard InChI is InChI=1S/C22H18ClFN2O5S/c1-14-12-15(24)10-11-20(14)32(29,30)26-18-8-4-2-6-16(18)22(28)31-13-21(27)25-19-9-5-3-7-17(19)23/h2-12,26H,13H2,1H3,(H,25,27). The fraction of sp³-hybridized carbons (Fsp3) is 0.0909. The molecular weight excluding hydrogens is 459 g/mol. The summed E-state index contributed by atoms with van der Waals surface area (Å²) >= 11 is 5.97. The number of amides is 1. The lowest BCUT2D eigenvalue weighted by Crippen LogP contribution is -2.22. The molecule has 0 heterocycles. The number of benzene rings is 3. The van der Waals surface area contributed by atoms with Gasteiger partial charge in [-0.2, -0.15) is 0 Å². The van der Waals surface area contributed by atoms with Crippen LogP contribution in [0.3, 0.4) is 0 Å². The van der Waals surface area contributed by atoms with E-state index in [4.69, 9.17) is 16.3 Å². The Hall–Kier alpha value is -3.43. The quantitative estimate of drug-likeness (QED) is 0.493. The number of carbonyl (C=O) groups excluding carboxylic acids is 2. The lowest BCUT2D eigenvalue weighted by Gasteiger charge is -2.14. The van der Waals surface area contributed by atoms with Crippen molar-refractivity contribution in [2.75, 3.05) is 16.6 Å². The van der Waals surface area contributed by atoms with Gasteiger partial charge in [-0.1, -0.05) is 35.9 Å². The molecule has 10 heteroatoms. The van der Waals surface area contributed by atoms with Crippen LogP contribution in [-0.2, 0) is 19.6 Å². The first-order valence-electron chi connectivity index (χ1n) is 9.27. The molecule has 0 aliphatic rings. The van der Waals surface area contributed by atoms with E-state index in [1.54, 1.807) is 24.3 Å². The summed E-state index contributed by atoms with van der Waals surface area (Å²) in [6.07, 6.45) is 0. The number of sulfonamides is 1. The summed E-state index contributed by atoms with van der Waals surface area (Å²) in [5.74, 6) is -2.10. The molecule has 0 atom stereocenters. The highest BCUT2D eigenvalue weighted by molar-refractivity contribution is 7.92. The minimum atomic E-state index is -4.11. The molecule has 0 bridgehead atoms. The summed E-state index contributed by atoms with van der Waals surface area (Å²) < 4.78 is 46.2. The van der Waals surface area contributed by atoms with Crippen LogP contribution in [0.2, 0.25) is 5.02 Å². The first-order chi connectivity index (χ1) is 15.2. The van der Waals surface area contributed by atoms with Crippen LogP contribution in [0.4, 0.5) is 15.8 Å². The van der Waals surface area contributed by atoms with E-state index in [9.17, 15) is 22.4 Å². The van der Waals surface area contributed by atoms with E-state index >= 15 is 0 Å². The predicted molar refractivity (Wildman–Crippen MR) is 119 cm³/mol. The van der Waals surface area contributed by atoms with Gasteiger partial charge in [0.2, 0.25) is 0 Å². The average molecular weight is 477 g/mol. The number of rotatable bonds is 7. The first-order valence-corrected chi connectivity index (χ1v) is 11.1. The summed E-state index contributed by atoms with van der Waals surface area (Å²) in [6, 6.07) is 15.6. The molecule has 0 unspecified atom stereocenters. The highest BCUT2D eigenvalue weighted by Crippen LogP contribution is 2.24. The second-order valence-electron chi connectivity index (χ2n) is 6.67. The molecule has 0 aliphatic heterocycles. The Kier molecular flexibility index (Phi) is 7.12. The molecule has 3 aromatic carbocycles. The van der Waals surface area contributed by atoms with Gasteiger partial charge in [0.25, 0.3) is 15.9 Å². The fourth-order valence-electron chi connectivity index (χ4n) is 2.82. The third kappa shape index (κ3) is 5.63. The number of anilines is 2. The molecule has 0 aliphatic carbocycles. The Morgan fingerprint density at radius 1 is 1.00 bits per heavy atom. The van der Waals surface area contributed by atoms with Gasteiger partial charge in [-0.3, -0.25) is 9.52 Å². The van der Waals surface area contributed by atoms with Gasteiger partial charge in [0.15, 0.2) is 6.61 Å². The lowest BCUT2D eigenvalue weighted by atomic mass is 10.2. The number of esters is 1. The number of ether oxygens (including phenoxy) is 1. The summed E-state index contributed by atoms with van der Waals surface area (Å²) in [5.41, 5.74) is 0.418. The van der Waals surface area contributed by atoms with Crippen molar-refractivity contribution in [1.29, 1.82) is 0 Å². The summed E-state index contributed by atoms with van der Waals surface area (Å²) in [7, 11) is -4.11. The van der Waals surface area contributed by atoms with Gasteiger partial charge in [0.1, 0.15) is 5.82 Å². The van der Waals surface area contributed by atoms with Gasteiger partial charge < -0.3 is 10.1 Å².